The molecule has 0 fully saturated rings. The summed E-state index contributed by atoms with van der Waals surface area (Å²) in [6.45, 7) is 1.34. The second-order valence-corrected chi connectivity index (χ2v) is 3.80. The summed E-state index contributed by atoms with van der Waals surface area (Å²) in [5.74, 6) is -0.674. The van der Waals surface area contributed by atoms with Gasteiger partial charge in [-0.1, -0.05) is 0 Å². The van der Waals surface area contributed by atoms with Crippen LogP contribution in [0.2, 0.25) is 0 Å². The Hall–Kier alpha value is -2.31. The van der Waals surface area contributed by atoms with E-state index in [4.69, 9.17) is 0 Å². The van der Waals surface area contributed by atoms with Gasteiger partial charge >= 0.3 is 0 Å². The van der Waals surface area contributed by atoms with Crippen LogP contribution < -0.4 is 5.32 Å². The third kappa shape index (κ3) is 3.34. The Morgan fingerprint density at radius 3 is 3.06 bits per heavy atom. The van der Waals surface area contributed by atoms with E-state index in [2.05, 4.69) is 20.5 Å². The van der Waals surface area contributed by atoms with Crippen molar-refractivity contribution in [1.82, 2.24) is 14.9 Å². The first-order valence-corrected chi connectivity index (χ1v) is 5.62. The van der Waals surface area contributed by atoms with E-state index in [9.17, 15) is 9.59 Å². The van der Waals surface area contributed by atoms with Gasteiger partial charge in [-0.05, 0) is 12.5 Å². The zero-order chi connectivity index (χ0) is 12.8. The Balaban J connectivity index is 1.67. The molecule has 1 atom stereocenters. The van der Waals surface area contributed by atoms with E-state index in [1.807, 2.05) is 10.8 Å². The van der Waals surface area contributed by atoms with Gasteiger partial charge < -0.3 is 9.88 Å². The van der Waals surface area contributed by atoms with Crippen LogP contribution in [0.5, 0.6) is 0 Å². The molecule has 0 bridgehead atoms. The highest BCUT2D eigenvalue weighted by Crippen LogP contribution is 2.02. The molecule has 1 aromatic heterocycles. The van der Waals surface area contributed by atoms with E-state index in [1.165, 1.54) is 12.2 Å². The molecule has 1 aromatic rings. The number of carbonyl (C=O) groups excluding carboxylic acids is 2. The summed E-state index contributed by atoms with van der Waals surface area (Å²) >= 11 is 0. The molecule has 18 heavy (non-hydrogen) atoms. The number of hydrogen-bond donors (Lipinski definition) is 1. The molecule has 7 heteroatoms. The molecular formula is C11H13N5O2. The van der Waals surface area contributed by atoms with Gasteiger partial charge in [0.1, 0.15) is 0 Å². The van der Waals surface area contributed by atoms with Crippen molar-refractivity contribution in [1.29, 1.82) is 0 Å². The molecule has 2 amide bonds. The number of azo groups is 1. The molecule has 0 spiro atoms. The van der Waals surface area contributed by atoms with E-state index in [0.717, 1.165) is 13.0 Å². The summed E-state index contributed by atoms with van der Waals surface area (Å²) in [5.41, 5.74) is 0. The number of imidazole rings is 1. The van der Waals surface area contributed by atoms with Crippen LogP contribution in [0.15, 0.2) is 41.1 Å². The molecule has 1 aliphatic rings. The van der Waals surface area contributed by atoms with Crippen LogP contribution in [0, 0.1) is 0 Å². The van der Waals surface area contributed by atoms with E-state index < -0.39 is 11.9 Å². The molecule has 0 radical (unpaired) electrons. The minimum atomic E-state index is -0.684. The van der Waals surface area contributed by atoms with Crippen LogP contribution in [-0.2, 0) is 16.1 Å². The topological polar surface area (TPSA) is 88.7 Å². The van der Waals surface area contributed by atoms with Crippen LogP contribution >= 0.6 is 0 Å². The highest BCUT2D eigenvalue weighted by Gasteiger charge is 2.17. The summed E-state index contributed by atoms with van der Waals surface area (Å²) in [6.07, 6.45) is 8.80. The maximum absolute atomic E-state index is 11.6. The molecule has 0 saturated carbocycles. The van der Waals surface area contributed by atoms with Gasteiger partial charge in [0.25, 0.3) is 11.8 Å². The van der Waals surface area contributed by atoms with Gasteiger partial charge in [0, 0.05) is 31.6 Å². The monoisotopic (exact) mass is 247 g/mol. The molecule has 1 N–H and O–H groups in total. The van der Waals surface area contributed by atoms with Crippen molar-refractivity contribution in [2.24, 2.45) is 10.2 Å². The Morgan fingerprint density at radius 1 is 1.50 bits per heavy atom. The minimum Gasteiger partial charge on any atom is -0.354 e. The first-order chi connectivity index (χ1) is 8.75. The highest BCUT2D eigenvalue weighted by molar-refractivity contribution is 5.92. The lowest BCUT2D eigenvalue weighted by molar-refractivity contribution is -0.121. The number of nitrogens with one attached hydrogen (secondary N) is 1. The van der Waals surface area contributed by atoms with Gasteiger partial charge in [-0.15, -0.1) is 5.11 Å². The van der Waals surface area contributed by atoms with Crippen molar-refractivity contribution in [3.8, 4) is 0 Å². The number of amides is 2. The number of aryl methyl sites for hydroxylation is 1. The second-order valence-electron chi connectivity index (χ2n) is 3.80. The standard InChI is InChI=1S/C11H13N5O2/c17-10-3-2-9(14-15-10)11(18)13-4-1-6-16-7-5-12-8-16/h2-3,5,7-9H,1,4,6H2,(H,13,18). The van der Waals surface area contributed by atoms with Crippen LogP contribution in [0.4, 0.5) is 0 Å². The number of rotatable bonds is 5. The molecule has 94 valence electrons. The van der Waals surface area contributed by atoms with Crippen LogP contribution in [0.1, 0.15) is 6.42 Å². The third-order valence-corrected chi connectivity index (χ3v) is 2.42. The van der Waals surface area contributed by atoms with E-state index in [0.29, 0.717) is 6.54 Å². The van der Waals surface area contributed by atoms with Gasteiger partial charge in [-0.2, -0.15) is 5.11 Å². The minimum absolute atomic E-state index is 0.242. The first kappa shape index (κ1) is 12.2. The SMILES string of the molecule is O=C1C=CC(C(=O)NCCCn2ccnc2)N=N1. The Labute approximate surface area is 104 Å². The molecular weight excluding hydrogens is 234 g/mol. The number of nitrogens with zero attached hydrogens (tertiary/aromatic N) is 4. The van der Waals surface area contributed by atoms with Crippen molar-refractivity contribution in [2.75, 3.05) is 6.54 Å². The maximum atomic E-state index is 11.6. The second kappa shape index (κ2) is 5.85. The summed E-state index contributed by atoms with van der Waals surface area (Å²) in [6, 6.07) is -0.684. The molecule has 0 aromatic carbocycles. The number of aromatic nitrogens is 2. The first-order valence-electron chi connectivity index (χ1n) is 5.62. The zero-order valence-electron chi connectivity index (χ0n) is 9.69. The van der Waals surface area contributed by atoms with Crippen molar-refractivity contribution in [3.05, 3.63) is 30.9 Å². The molecule has 0 saturated heterocycles. The van der Waals surface area contributed by atoms with Crippen LogP contribution in [0.25, 0.3) is 0 Å². The molecule has 1 aliphatic heterocycles. The van der Waals surface area contributed by atoms with Gasteiger partial charge in [0.2, 0.25) is 0 Å². The fourth-order valence-corrected chi connectivity index (χ4v) is 1.50. The average molecular weight is 247 g/mol. The van der Waals surface area contributed by atoms with Crippen molar-refractivity contribution >= 4 is 11.8 Å². The van der Waals surface area contributed by atoms with E-state index >= 15 is 0 Å². The fourth-order valence-electron chi connectivity index (χ4n) is 1.50. The highest BCUT2D eigenvalue weighted by atomic mass is 16.2. The van der Waals surface area contributed by atoms with Crippen LogP contribution in [0.3, 0.4) is 0 Å². The predicted molar refractivity (Wildman–Crippen MR) is 62.6 cm³/mol. The van der Waals surface area contributed by atoms with Crippen molar-refractivity contribution < 1.29 is 9.59 Å². The molecule has 7 nitrogen and oxygen atoms in total. The van der Waals surface area contributed by atoms with Crippen molar-refractivity contribution in [2.45, 2.75) is 19.0 Å². The summed E-state index contributed by atoms with van der Waals surface area (Å²) in [4.78, 5) is 26.3. The van der Waals surface area contributed by atoms with Gasteiger partial charge in [-0.25, -0.2) is 4.98 Å². The van der Waals surface area contributed by atoms with E-state index in [-0.39, 0.29) is 5.91 Å². The van der Waals surface area contributed by atoms with Crippen LogP contribution in [-0.4, -0.2) is 34.0 Å². The van der Waals surface area contributed by atoms with Gasteiger partial charge in [0.05, 0.1) is 6.33 Å². The zero-order valence-corrected chi connectivity index (χ0v) is 9.69. The molecule has 2 heterocycles. The largest absolute Gasteiger partial charge is 0.354 e. The fraction of sp³-hybridized carbons (Fsp3) is 0.364. The quantitative estimate of drug-likeness (QED) is 0.759. The predicted octanol–water partition coefficient (Wildman–Crippen LogP) is 0.307. The Kier molecular flexibility index (Phi) is 3.95. The average Bonchev–Trinajstić information content (AvgIpc) is 2.88. The normalized spacial score (nSPS) is 18.0. The number of carbonyl (C=O) groups is 2. The molecule has 2 rings (SSSR count). The molecule has 1 unspecified atom stereocenters. The maximum Gasteiger partial charge on any atom is 0.287 e. The number of hydrogen-bond acceptors (Lipinski definition) is 4. The molecule has 0 aliphatic carbocycles. The van der Waals surface area contributed by atoms with Gasteiger partial charge in [-0.3, -0.25) is 9.59 Å². The summed E-state index contributed by atoms with van der Waals surface area (Å²) < 4.78 is 1.94. The lowest BCUT2D eigenvalue weighted by Gasteiger charge is -2.09. The summed E-state index contributed by atoms with van der Waals surface area (Å²) in [5, 5.41) is 9.67. The Bertz CT molecular complexity index is 462. The third-order valence-electron chi connectivity index (χ3n) is 2.42. The lowest BCUT2D eigenvalue weighted by atomic mass is 10.2. The van der Waals surface area contributed by atoms with Gasteiger partial charge in [0.15, 0.2) is 6.04 Å². The lowest BCUT2D eigenvalue weighted by Crippen LogP contribution is -2.34. The summed E-state index contributed by atoms with van der Waals surface area (Å²) in [7, 11) is 0. The Morgan fingerprint density at radius 2 is 2.39 bits per heavy atom. The smallest absolute Gasteiger partial charge is 0.287 e. The van der Waals surface area contributed by atoms with Crippen molar-refractivity contribution in [3.63, 3.8) is 0 Å². The van der Waals surface area contributed by atoms with E-state index in [1.54, 1.807) is 12.5 Å².